The molecule has 0 heterocycles. The molecule has 1 atom stereocenters. The van der Waals surface area contributed by atoms with Crippen molar-refractivity contribution >= 4 is 23.6 Å². The van der Waals surface area contributed by atoms with Crippen molar-refractivity contribution < 1.29 is 18.4 Å². The number of rotatable bonds is 8. The fraction of sp³-hybridized carbons (Fsp3) is 0.333. The molecule has 2 amide bonds. The van der Waals surface area contributed by atoms with Crippen molar-refractivity contribution in [3.63, 3.8) is 0 Å². The van der Waals surface area contributed by atoms with Gasteiger partial charge < -0.3 is 10.6 Å². The van der Waals surface area contributed by atoms with Crippen molar-refractivity contribution in [3.8, 4) is 0 Å². The predicted molar refractivity (Wildman–Crippen MR) is 109 cm³/mol. The van der Waals surface area contributed by atoms with E-state index >= 15 is 0 Å². The van der Waals surface area contributed by atoms with E-state index in [1.54, 1.807) is 37.7 Å². The molecule has 0 saturated carbocycles. The summed E-state index contributed by atoms with van der Waals surface area (Å²) in [6.07, 6.45) is 2.58. The lowest BCUT2D eigenvalue weighted by atomic mass is 10.1. The van der Waals surface area contributed by atoms with E-state index in [-0.39, 0.29) is 29.6 Å². The van der Waals surface area contributed by atoms with E-state index in [9.17, 15) is 18.4 Å². The lowest BCUT2D eigenvalue weighted by molar-refractivity contribution is 0.0907. The highest BCUT2D eigenvalue weighted by molar-refractivity contribution is 7.98. The Balaban J connectivity index is 2.06. The maximum absolute atomic E-state index is 13.5. The first-order valence-electron chi connectivity index (χ1n) is 8.92. The van der Waals surface area contributed by atoms with Gasteiger partial charge in [-0.25, -0.2) is 8.78 Å². The standard InChI is InChI=1S/C21H24F2N2O2S/c1-13-4-6-15(22)10-18(13)20(26)24-12-17(8-9-28-3)25-21(27)19-11-16(23)7-5-14(19)2/h4-7,10-11,17H,8-9,12H2,1-3H3,(H,24,26)(H,25,27)/t17-/m1/s1. The minimum Gasteiger partial charge on any atom is -0.350 e. The van der Waals surface area contributed by atoms with Crippen LogP contribution in [0.2, 0.25) is 0 Å². The molecule has 150 valence electrons. The van der Waals surface area contributed by atoms with Gasteiger partial charge in [0.1, 0.15) is 11.6 Å². The Morgan fingerprint density at radius 2 is 1.50 bits per heavy atom. The molecule has 0 unspecified atom stereocenters. The van der Waals surface area contributed by atoms with Gasteiger partial charge in [-0.15, -0.1) is 0 Å². The van der Waals surface area contributed by atoms with Crippen molar-refractivity contribution in [2.24, 2.45) is 0 Å². The molecule has 2 aromatic carbocycles. The Kier molecular flexibility index (Phi) is 7.99. The van der Waals surface area contributed by atoms with Crippen LogP contribution in [0.15, 0.2) is 36.4 Å². The number of nitrogens with one attached hydrogen (secondary N) is 2. The van der Waals surface area contributed by atoms with Crippen LogP contribution >= 0.6 is 11.8 Å². The molecule has 2 rings (SSSR count). The second-order valence-corrected chi connectivity index (χ2v) is 7.57. The van der Waals surface area contributed by atoms with Crippen LogP contribution in [0.1, 0.15) is 38.3 Å². The van der Waals surface area contributed by atoms with Crippen LogP contribution in [0.3, 0.4) is 0 Å². The van der Waals surface area contributed by atoms with Gasteiger partial charge in [0.05, 0.1) is 0 Å². The second-order valence-electron chi connectivity index (χ2n) is 6.58. The molecule has 0 radical (unpaired) electrons. The first kappa shape index (κ1) is 21.9. The Morgan fingerprint density at radius 1 is 0.964 bits per heavy atom. The molecule has 2 aromatic rings. The van der Waals surface area contributed by atoms with Crippen molar-refractivity contribution in [3.05, 3.63) is 70.3 Å². The number of carbonyl (C=O) groups is 2. The molecule has 0 bridgehead atoms. The van der Waals surface area contributed by atoms with Gasteiger partial charge >= 0.3 is 0 Å². The minimum absolute atomic E-state index is 0.190. The van der Waals surface area contributed by atoms with Crippen molar-refractivity contribution in [1.29, 1.82) is 0 Å². The quantitative estimate of drug-likeness (QED) is 0.700. The number of halogens is 2. The number of thioether (sulfide) groups is 1. The molecule has 7 heteroatoms. The third-order valence-corrected chi connectivity index (χ3v) is 5.05. The molecular weight excluding hydrogens is 382 g/mol. The van der Waals surface area contributed by atoms with Gasteiger partial charge in [0.25, 0.3) is 11.8 Å². The van der Waals surface area contributed by atoms with E-state index in [0.717, 1.165) is 5.75 Å². The number of hydrogen-bond acceptors (Lipinski definition) is 3. The molecule has 0 aliphatic carbocycles. The van der Waals surface area contributed by atoms with Gasteiger partial charge in [-0.05, 0) is 67.7 Å². The van der Waals surface area contributed by atoms with Crippen molar-refractivity contribution in [1.82, 2.24) is 10.6 Å². The Bertz CT molecular complexity index is 858. The molecule has 4 nitrogen and oxygen atoms in total. The van der Waals surface area contributed by atoms with E-state index in [4.69, 9.17) is 0 Å². The topological polar surface area (TPSA) is 58.2 Å². The minimum atomic E-state index is -0.482. The first-order valence-corrected chi connectivity index (χ1v) is 10.3. The van der Waals surface area contributed by atoms with Crippen LogP contribution in [0.5, 0.6) is 0 Å². The number of hydrogen-bond donors (Lipinski definition) is 2. The summed E-state index contributed by atoms with van der Waals surface area (Å²) >= 11 is 1.62. The van der Waals surface area contributed by atoms with E-state index in [0.29, 0.717) is 17.5 Å². The molecule has 0 aliphatic heterocycles. The molecule has 28 heavy (non-hydrogen) atoms. The van der Waals surface area contributed by atoms with Crippen LogP contribution in [0.4, 0.5) is 8.78 Å². The SMILES string of the molecule is CSCC[C@H](CNC(=O)c1cc(F)ccc1C)NC(=O)c1cc(F)ccc1C. The highest BCUT2D eigenvalue weighted by Gasteiger charge is 2.18. The predicted octanol–water partition coefficient (Wildman–Crippen LogP) is 3.86. The zero-order chi connectivity index (χ0) is 20.7. The highest BCUT2D eigenvalue weighted by atomic mass is 32.2. The maximum Gasteiger partial charge on any atom is 0.251 e. The Morgan fingerprint density at radius 3 is 2.04 bits per heavy atom. The molecule has 2 N–H and O–H groups in total. The summed E-state index contributed by atoms with van der Waals surface area (Å²) in [7, 11) is 0. The summed E-state index contributed by atoms with van der Waals surface area (Å²) in [4.78, 5) is 25.0. The monoisotopic (exact) mass is 406 g/mol. The van der Waals surface area contributed by atoms with Gasteiger partial charge in [0, 0.05) is 23.7 Å². The summed E-state index contributed by atoms with van der Waals surface area (Å²) in [5.41, 5.74) is 1.86. The van der Waals surface area contributed by atoms with Crippen LogP contribution in [0, 0.1) is 25.5 Å². The average molecular weight is 406 g/mol. The van der Waals surface area contributed by atoms with Crippen LogP contribution in [-0.2, 0) is 0 Å². The number of benzene rings is 2. The van der Waals surface area contributed by atoms with E-state index in [1.807, 2.05) is 6.26 Å². The fourth-order valence-corrected chi connectivity index (χ4v) is 3.26. The average Bonchev–Trinajstić information content (AvgIpc) is 2.67. The normalized spacial score (nSPS) is 11.8. The lowest BCUT2D eigenvalue weighted by Gasteiger charge is -2.20. The number of aryl methyl sites for hydroxylation is 2. The molecule has 0 aliphatic rings. The summed E-state index contributed by atoms with van der Waals surface area (Å²) in [5, 5.41) is 5.62. The molecule has 0 spiro atoms. The van der Waals surface area contributed by atoms with Crippen LogP contribution in [-0.4, -0.2) is 36.4 Å². The summed E-state index contributed by atoms with van der Waals surface area (Å²) in [5.74, 6) is -0.973. The summed E-state index contributed by atoms with van der Waals surface area (Å²) in [6.45, 7) is 3.66. The second kappa shape index (κ2) is 10.2. The molecular formula is C21H24F2N2O2S. The van der Waals surface area contributed by atoms with E-state index in [2.05, 4.69) is 10.6 Å². The first-order chi connectivity index (χ1) is 13.3. The lowest BCUT2D eigenvalue weighted by Crippen LogP contribution is -2.44. The fourth-order valence-electron chi connectivity index (χ4n) is 2.74. The van der Waals surface area contributed by atoms with Crippen LogP contribution < -0.4 is 10.6 Å². The summed E-state index contributed by atoms with van der Waals surface area (Å²) < 4.78 is 26.9. The van der Waals surface area contributed by atoms with Crippen molar-refractivity contribution in [2.75, 3.05) is 18.6 Å². The zero-order valence-corrected chi connectivity index (χ0v) is 17.0. The van der Waals surface area contributed by atoms with Gasteiger partial charge in [-0.3, -0.25) is 9.59 Å². The van der Waals surface area contributed by atoms with Gasteiger partial charge in [0.15, 0.2) is 0 Å². The smallest absolute Gasteiger partial charge is 0.251 e. The molecule has 0 saturated heterocycles. The van der Waals surface area contributed by atoms with Gasteiger partial charge in [0.2, 0.25) is 0 Å². The Hall–Kier alpha value is -2.41. The van der Waals surface area contributed by atoms with Gasteiger partial charge in [-0.2, -0.15) is 11.8 Å². The van der Waals surface area contributed by atoms with Crippen molar-refractivity contribution in [2.45, 2.75) is 26.3 Å². The largest absolute Gasteiger partial charge is 0.350 e. The van der Waals surface area contributed by atoms with Crippen LogP contribution in [0.25, 0.3) is 0 Å². The third kappa shape index (κ3) is 6.05. The molecule has 0 fully saturated rings. The van der Waals surface area contributed by atoms with Gasteiger partial charge in [-0.1, -0.05) is 12.1 Å². The molecule has 0 aromatic heterocycles. The zero-order valence-electron chi connectivity index (χ0n) is 16.1. The number of carbonyl (C=O) groups excluding carboxylic acids is 2. The van der Waals surface area contributed by atoms with E-state index in [1.165, 1.54) is 24.3 Å². The summed E-state index contributed by atoms with van der Waals surface area (Å²) in [6, 6.07) is 7.76. The Labute approximate surface area is 168 Å². The van der Waals surface area contributed by atoms with E-state index < -0.39 is 17.5 Å². The number of amides is 2. The maximum atomic E-state index is 13.5. The third-order valence-electron chi connectivity index (χ3n) is 4.40. The highest BCUT2D eigenvalue weighted by Crippen LogP contribution is 2.12.